The van der Waals surface area contributed by atoms with Crippen LogP contribution in [0.4, 0.5) is 0 Å². The molecule has 0 aliphatic rings. The highest BCUT2D eigenvalue weighted by Gasteiger charge is 2.08. The summed E-state index contributed by atoms with van der Waals surface area (Å²) < 4.78 is 2.65. The third-order valence-corrected chi connectivity index (χ3v) is 3.24. The molecule has 0 aliphatic heterocycles. The number of H-pyrrole nitrogens is 1. The van der Waals surface area contributed by atoms with E-state index in [-0.39, 0.29) is 0 Å². The Balaban J connectivity index is 2.15. The summed E-state index contributed by atoms with van der Waals surface area (Å²) in [6.45, 7) is 2.68. The van der Waals surface area contributed by atoms with Gasteiger partial charge in [0.2, 0.25) is 0 Å². The minimum absolute atomic E-state index is 0.635. The maximum absolute atomic E-state index is 5.35. The maximum Gasteiger partial charge on any atom is 0.179 e. The van der Waals surface area contributed by atoms with Crippen molar-refractivity contribution in [3.63, 3.8) is 0 Å². The molecule has 0 spiro atoms. The molecular weight excluding hydrogens is 244 g/mol. The summed E-state index contributed by atoms with van der Waals surface area (Å²) in [5.41, 5.74) is 3.99. The van der Waals surface area contributed by atoms with E-state index in [0.717, 1.165) is 22.4 Å². The molecule has 0 atom stereocenters. The SMILES string of the molecule is Cc1ccnc2c1[nH]c(=S)n2Cc1ccccn1. The van der Waals surface area contributed by atoms with Crippen LogP contribution >= 0.6 is 12.2 Å². The minimum Gasteiger partial charge on any atom is -0.329 e. The van der Waals surface area contributed by atoms with Gasteiger partial charge < -0.3 is 4.98 Å². The van der Waals surface area contributed by atoms with Gasteiger partial charge in [0.05, 0.1) is 17.8 Å². The Kier molecular flexibility index (Phi) is 2.68. The van der Waals surface area contributed by atoms with Crippen LogP contribution in [0.3, 0.4) is 0 Å². The summed E-state index contributed by atoms with van der Waals surface area (Å²) in [4.78, 5) is 11.9. The van der Waals surface area contributed by atoms with E-state index in [2.05, 4.69) is 15.0 Å². The molecule has 0 radical (unpaired) electrons. The Morgan fingerprint density at radius 1 is 1.22 bits per heavy atom. The highest BCUT2D eigenvalue weighted by Crippen LogP contribution is 2.16. The van der Waals surface area contributed by atoms with Crippen LogP contribution in [0.2, 0.25) is 0 Å². The summed E-state index contributed by atoms with van der Waals surface area (Å²) in [5.74, 6) is 0. The van der Waals surface area contributed by atoms with Crippen LogP contribution in [0.25, 0.3) is 11.2 Å². The van der Waals surface area contributed by atoms with E-state index in [9.17, 15) is 0 Å². The van der Waals surface area contributed by atoms with Crippen molar-refractivity contribution in [1.29, 1.82) is 0 Å². The summed E-state index contributed by atoms with van der Waals surface area (Å²) in [7, 11) is 0. The topological polar surface area (TPSA) is 46.5 Å². The van der Waals surface area contributed by atoms with Gasteiger partial charge >= 0.3 is 0 Å². The molecule has 18 heavy (non-hydrogen) atoms. The van der Waals surface area contributed by atoms with Gasteiger partial charge in [0, 0.05) is 12.4 Å². The molecule has 3 aromatic heterocycles. The molecule has 0 saturated carbocycles. The fourth-order valence-corrected chi connectivity index (χ4v) is 2.23. The van der Waals surface area contributed by atoms with Crippen molar-refractivity contribution < 1.29 is 0 Å². The van der Waals surface area contributed by atoms with E-state index in [1.54, 1.807) is 12.4 Å². The third kappa shape index (κ3) is 1.82. The van der Waals surface area contributed by atoms with Crippen molar-refractivity contribution in [2.45, 2.75) is 13.5 Å². The van der Waals surface area contributed by atoms with Crippen molar-refractivity contribution in [3.05, 3.63) is 52.7 Å². The van der Waals surface area contributed by atoms with Gasteiger partial charge in [-0.15, -0.1) is 0 Å². The number of hydrogen-bond donors (Lipinski definition) is 1. The highest BCUT2D eigenvalue weighted by atomic mass is 32.1. The van der Waals surface area contributed by atoms with E-state index >= 15 is 0 Å². The predicted octanol–water partition coefficient (Wildman–Crippen LogP) is 2.85. The van der Waals surface area contributed by atoms with Gasteiger partial charge in [0.25, 0.3) is 0 Å². The Bertz CT molecular complexity index is 743. The number of pyridine rings is 2. The quantitative estimate of drug-likeness (QED) is 0.717. The van der Waals surface area contributed by atoms with Gasteiger partial charge in [0.15, 0.2) is 10.4 Å². The summed E-state index contributed by atoms with van der Waals surface area (Å²) in [6, 6.07) is 7.83. The average molecular weight is 256 g/mol. The number of nitrogens with one attached hydrogen (secondary N) is 1. The lowest BCUT2D eigenvalue weighted by molar-refractivity contribution is 0.777. The third-order valence-electron chi connectivity index (χ3n) is 2.92. The van der Waals surface area contributed by atoms with E-state index in [0.29, 0.717) is 11.3 Å². The van der Waals surface area contributed by atoms with Crippen molar-refractivity contribution in [2.75, 3.05) is 0 Å². The molecule has 3 aromatic rings. The molecule has 90 valence electrons. The van der Waals surface area contributed by atoms with Gasteiger partial charge in [-0.3, -0.25) is 9.55 Å². The lowest BCUT2D eigenvalue weighted by Gasteiger charge is -2.03. The zero-order valence-corrected chi connectivity index (χ0v) is 10.7. The molecule has 0 fully saturated rings. The molecule has 5 heteroatoms. The molecule has 3 heterocycles. The van der Waals surface area contributed by atoms with Gasteiger partial charge in [-0.05, 0) is 42.9 Å². The highest BCUT2D eigenvalue weighted by molar-refractivity contribution is 7.71. The van der Waals surface area contributed by atoms with Crippen LogP contribution in [0.15, 0.2) is 36.7 Å². The summed E-state index contributed by atoms with van der Waals surface area (Å²) in [5, 5.41) is 0. The summed E-state index contributed by atoms with van der Waals surface area (Å²) in [6.07, 6.45) is 3.58. The second-order valence-electron chi connectivity index (χ2n) is 4.16. The minimum atomic E-state index is 0.635. The van der Waals surface area contributed by atoms with Gasteiger partial charge in [-0.2, -0.15) is 0 Å². The molecule has 0 unspecified atom stereocenters. The second-order valence-corrected chi connectivity index (χ2v) is 4.55. The average Bonchev–Trinajstić information content (AvgIpc) is 2.70. The number of aryl methyl sites for hydroxylation is 1. The van der Waals surface area contributed by atoms with Crippen molar-refractivity contribution in [3.8, 4) is 0 Å². The molecule has 4 nitrogen and oxygen atoms in total. The van der Waals surface area contributed by atoms with E-state index in [1.165, 1.54) is 0 Å². The monoisotopic (exact) mass is 256 g/mol. The Morgan fingerprint density at radius 3 is 2.89 bits per heavy atom. The fourth-order valence-electron chi connectivity index (χ4n) is 1.97. The number of rotatable bonds is 2. The number of aromatic amines is 1. The van der Waals surface area contributed by atoms with Crippen LogP contribution in [-0.4, -0.2) is 19.5 Å². The first kappa shape index (κ1) is 11.1. The molecular formula is C13H12N4S. The number of fused-ring (bicyclic) bond motifs is 1. The lowest BCUT2D eigenvalue weighted by atomic mass is 10.3. The van der Waals surface area contributed by atoms with Crippen LogP contribution in [0, 0.1) is 11.7 Å². The van der Waals surface area contributed by atoms with Gasteiger partial charge in [-0.25, -0.2) is 4.98 Å². The normalized spacial score (nSPS) is 10.9. The molecule has 0 aromatic carbocycles. The van der Waals surface area contributed by atoms with Crippen molar-refractivity contribution in [1.82, 2.24) is 19.5 Å². The van der Waals surface area contributed by atoms with Crippen LogP contribution in [-0.2, 0) is 6.54 Å². The van der Waals surface area contributed by atoms with Crippen LogP contribution in [0.5, 0.6) is 0 Å². The molecule has 3 rings (SSSR count). The van der Waals surface area contributed by atoms with Gasteiger partial charge in [-0.1, -0.05) is 6.07 Å². The Hall–Kier alpha value is -2.01. The maximum atomic E-state index is 5.35. The molecule has 1 N–H and O–H groups in total. The van der Waals surface area contributed by atoms with Crippen LogP contribution < -0.4 is 0 Å². The molecule has 0 amide bonds. The standard InChI is InChI=1S/C13H12N4S/c1-9-5-7-15-12-11(9)16-13(18)17(12)8-10-4-2-3-6-14-10/h2-7H,8H2,1H3,(H,16,18). The van der Waals surface area contributed by atoms with Gasteiger partial charge in [0.1, 0.15) is 0 Å². The molecule has 0 saturated heterocycles. The number of imidazole rings is 1. The fraction of sp³-hybridized carbons (Fsp3) is 0.154. The van der Waals surface area contributed by atoms with Crippen LogP contribution in [0.1, 0.15) is 11.3 Å². The predicted molar refractivity (Wildman–Crippen MR) is 73.0 cm³/mol. The smallest absolute Gasteiger partial charge is 0.179 e. The number of nitrogens with zero attached hydrogens (tertiary/aromatic N) is 3. The molecule has 0 aliphatic carbocycles. The van der Waals surface area contributed by atoms with E-state index < -0.39 is 0 Å². The zero-order chi connectivity index (χ0) is 12.5. The lowest BCUT2D eigenvalue weighted by Crippen LogP contribution is -2.02. The summed E-state index contributed by atoms with van der Waals surface area (Å²) >= 11 is 5.35. The number of hydrogen-bond acceptors (Lipinski definition) is 3. The Morgan fingerprint density at radius 2 is 2.11 bits per heavy atom. The zero-order valence-electron chi connectivity index (χ0n) is 9.92. The first-order chi connectivity index (χ1) is 8.75. The number of aromatic nitrogens is 4. The Labute approximate surface area is 109 Å². The van der Waals surface area contributed by atoms with E-state index in [4.69, 9.17) is 12.2 Å². The molecule has 0 bridgehead atoms. The van der Waals surface area contributed by atoms with Crippen molar-refractivity contribution in [2.24, 2.45) is 0 Å². The second kappa shape index (κ2) is 4.34. The largest absolute Gasteiger partial charge is 0.329 e. The first-order valence-electron chi connectivity index (χ1n) is 5.70. The first-order valence-corrected chi connectivity index (χ1v) is 6.10. The van der Waals surface area contributed by atoms with E-state index in [1.807, 2.05) is 35.8 Å². The van der Waals surface area contributed by atoms with Crippen molar-refractivity contribution >= 4 is 23.4 Å².